The highest BCUT2D eigenvalue weighted by Crippen LogP contribution is 2.32. The molecule has 1 aliphatic rings. The van der Waals surface area contributed by atoms with E-state index in [1.807, 2.05) is 17.9 Å². The van der Waals surface area contributed by atoms with E-state index in [2.05, 4.69) is 25.2 Å². The first-order valence-electron chi connectivity index (χ1n) is 11.0. The van der Waals surface area contributed by atoms with Gasteiger partial charge in [0.1, 0.15) is 10.7 Å². The number of rotatable bonds is 8. The molecule has 0 unspecified atom stereocenters. The fourth-order valence-corrected chi connectivity index (χ4v) is 4.44. The van der Waals surface area contributed by atoms with Crippen molar-refractivity contribution in [2.24, 2.45) is 0 Å². The fourth-order valence-electron chi connectivity index (χ4n) is 3.54. The topological polar surface area (TPSA) is 107 Å². The van der Waals surface area contributed by atoms with E-state index in [-0.39, 0.29) is 24.2 Å². The molecule has 0 atom stereocenters. The van der Waals surface area contributed by atoms with Gasteiger partial charge in [-0.15, -0.1) is 23.4 Å². The summed E-state index contributed by atoms with van der Waals surface area (Å²) in [5, 5.41) is 11.6. The van der Waals surface area contributed by atoms with Gasteiger partial charge in [-0.2, -0.15) is 0 Å². The normalized spacial score (nSPS) is 14.4. The quantitative estimate of drug-likeness (QED) is 0.449. The van der Waals surface area contributed by atoms with Gasteiger partial charge < -0.3 is 14.8 Å². The highest BCUT2D eigenvalue weighted by atomic mass is 32.1. The van der Waals surface area contributed by atoms with E-state index in [9.17, 15) is 22.8 Å². The molecule has 9 nitrogen and oxygen atoms in total. The van der Waals surface area contributed by atoms with Crippen molar-refractivity contribution in [3.63, 3.8) is 0 Å². The fraction of sp³-hybridized carbons (Fsp3) is 0.348. The predicted molar refractivity (Wildman–Crippen MR) is 125 cm³/mol. The Kier molecular flexibility index (Phi) is 7.91. The van der Waals surface area contributed by atoms with Crippen molar-refractivity contribution in [1.82, 2.24) is 20.1 Å². The van der Waals surface area contributed by atoms with Crippen LogP contribution >= 0.6 is 11.3 Å². The molecule has 0 bridgehead atoms. The van der Waals surface area contributed by atoms with Gasteiger partial charge in [0.25, 0.3) is 0 Å². The summed E-state index contributed by atoms with van der Waals surface area (Å²) >= 11 is 1.20. The van der Waals surface area contributed by atoms with Gasteiger partial charge in [0.2, 0.25) is 5.91 Å². The SMILES string of the molecule is Cc1cccnc1-c1nnc(CC(=O)c2ccc(OC(F)(F)F)c(NC(=O)CN3CCOCC3)c2)s1. The number of amides is 1. The number of carbonyl (C=O) groups excluding carboxylic acids is 2. The molecule has 190 valence electrons. The van der Waals surface area contributed by atoms with Crippen molar-refractivity contribution < 1.29 is 32.2 Å². The van der Waals surface area contributed by atoms with Crippen molar-refractivity contribution in [3.05, 3.63) is 52.7 Å². The zero-order valence-corrected chi connectivity index (χ0v) is 20.0. The maximum Gasteiger partial charge on any atom is 0.573 e. The Morgan fingerprint density at radius 2 is 1.97 bits per heavy atom. The average molecular weight is 522 g/mol. The molecule has 0 aliphatic carbocycles. The summed E-state index contributed by atoms with van der Waals surface area (Å²) in [6, 6.07) is 7.08. The monoisotopic (exact) mass is 521 g/mol. The van der Waals surface area contributed by atoms with Crippen LogP contribution in [-0.4, -0.2) is 71.0 Å². The van der Waals surface area contributed by atoms with Crippen LogP contribution in [0.3, 0.4) is 0 Å². The number of ether oxygens (including phenoxy) is 2. The van der Waals surface area contributed by atoms with Gasteiger partial charge >= 0.3 is 6.36 Å². The van der Waals surface area contributed by atoms with E-state index in [1.54, 1.807) is 12.3 Å². The van der Waals surface area contributed by atoms with Gasteiger partial charge in [0.05, 0.1) is 31.9 Å². The van der Waals surface area contributed by atoms with Crippen LogP contribution in [0.4, 0.5) is 18.9 Å². The second kappa shape index (κ2) is 11.1. The van der Waals surface area contributed by atoms with E-state index in [0.29, 0.717) is 42.0 Å². The van der Waals surface area contributed by atoms with Crippen molar-refractivity contribution in [2.45, 2.75) is 19.7 Å². The van der Waals surface area contributed by atoms with Crippen LogP contribution in [0.25, 0.3) is 10.7 Å². The average Bonchev–Trinajstić information content (AvgIpc) is 3.28. The Bertz CT molecular complexity index is 1240. The van der Waals surface area contributed by atoms with Crippen LogP contribution in [0.1, 0.15) is 20.9 Å². The standard InChI is InChI=1S/C23H22F3N5O4S/c1-14-3-2-6-27-21(14)22-30-29-20(36-22)12-17(32)15-4-5-18(35-23(24,25)26)16(11-15)28-19(33)13-31-7-9-34-10-8-31/h2-6,11H,7-10,12-13H2,1H3,(H,28,33). The highest BCUT2D eigenvalue weighted by molar-refractivity contribution is 7.14. The van der Waals surface area contributed by atoms with Gasteiger partial charge in [-0.05, 0) is 36.8 Å². The molecule has 1 aromatic carbocycles. The van der Waals surface area contributed by atoms with Gasteiger partial charge in [-0.25, -0.2) is 0 Å². The number of nitrogens with one attached hydrogen (secondary N) is 1. The summed E-state index contributed by atoms with van der Waals surface area (Å²) in [4.78, 5) is 31.5. The summed E-state index contributed by atoms with van der Waals surface area (Å²) in [7, 11) is 0. The molecule has 1 amide bonds. The molecule has 0 radical (unpaired) electrons. The van der Waals surface area contributed by atoms with E-state index in [0.717, 1.165) is 11.6 Å². The molecule has 1 N–H and O–H groups in total. The number of halogens is 3. The summed E-state index contributed by atoms with van der Waals surface area (Å²) in [6.07, 6.45) is -3.46. The number of morpholine rings is 1. The maximum atomic E-state index is 12.9. The number of benzene rings is 1. The molecule has 0 saturated carbocycles. The zero-order chi connectivity index (χ0) is 25.7. The molecular weight excluding hydrogens is 499 g/mol. The first-order chi connectivity index (χ1) is 17.2. The van der Waals surface area contributed by atoms with Crippen molar-refractivity contribution in [2.75, 3.05) is 38.2 Å². The Morgan fingerprint density at radius 3 is 2.69 bits per heavy atom. The smallest absolute Gasteiger partial charge is 0.404 e. The zero-order valence-electron chi connectivity index (χ0n) is 19.2. The molecule has 3 aromatic rings. The Labute approximate surface area is 208 Å². The molecular formula is C23H22F3N5O4S. The van der Waals surface area contributed by atoms with Crippen LogP contribution in [0.15, 0.2) is 36.5 Å². The number of carbonyl (C=O) groups is 2. The van der Waals surface area contributed by atoms with Crippen LogP contribution < -0.4 is 10.1 Å². The number of aryl methyl sites for hydroxylation is 1. The Morgan fingerprint density at radius 1 is 1.19 bits per heavy atom. The molecule has 1 aliphatic heterocycles. The summed E-state index contributed by atoms with van der Waals surface area (Å²) in [6.45, 7) is 3.83. The molecule has 36 heavy (non-hydrogen) atoms. The summed E-state index contributed by atoms with van der Waals surface area (Å²) in [5.41, 5.74) is 1.41. The van der Waals surface area contributed by atoms with Crippen LogP contribution in [0.5, 0.6) is 5.75 Å². The third-order valence-corrected chi connectivity index (χ3v) is 6.19. The highest BCUT2D eigenvalue weighted by Gasteiger charge is 2.32. The number of aromatic nitrogens is 3. The van der Waals surface area contributed by atoms with Crippen LogP contribution in [-0.2, 0) is 16.0 Å². The van der Waals surface area contributed by atoms with Gasteiger partial charge in [0, 0.05) is 24.8 Å². The lowest BCUT2D eigenvalue weighted by Gasteiger charge is -2.26. The largest absolute Gasteiger partial charge is 0.573 e. The second-order valence-electron chi connectivity index (χ2n) is 7.97. The van der Waals surface area contributed by atoms with Gasteiger partial charge in [0.15, 0.2) is 16.5 Å². The van der Waals surface area contributed by atoms with Gasteiger partial charge in [-0.1, -0.05) is 17.4 Å². The van der Waals surface area contributed by atoms with Crippen molar-refractivity contribution in [3.8, 4) is 16.5 Å². The first-order valence-corrected chi connectivity index (χ1v) is 11.8. The van der Waals surface area contributed by atoms with E-state index < -0.39 is 23.8 Å². The molecule has 3 heterocycles. The number of alkyl halides is 3. The van der Waals surface area contributed by atoms with Gasteiger partial charge in [-0.3, -0.25) is 19.5 Å². The molecule has 2 aromatic heterocycles. The van der Waals surface area contributed by atoms with E-state index in [4.69, 9.17) is 4.74 Å². The number of ketones is 1. The molecule has 13 heteroatoms. The molecule has 1 saturated heterocycles. The Balaban J connectivity index is 1.50. The lowest BCUT2D eigenvalue weighted by atomic mass is 10.1. The number of pyridine rings is 1. The molecule has 4 rings (SSSR count). The minimum atomic E-state index is -4.97. The minimum absolute atomic E-state index is 0.0342. The molecule has 0 spiro atoms. The second-order valence-corrected chi connectivity index (χ2v) is 9.03. The minimum Gasteiger partial charge on any atom is -0.404 e. The number of nitrogens with zero attached hydrogens (tertiary/aromatic N) is 4. The number of Topliss-reactive ketones (excluding diaryl/α,β-unsaturated/α-hetero) is 1. The van der Waals surface area contributed by atoms with Crippen molar-refractivity contribution >= 4 is 28.7 Å². The number of anilines is 1. The van der Waals surface area contributed by atoms with E-state index in [1.165, 1.54) is 23.5 Å². The lowest BCUT2D eigenvalue weighted by Crippen LogP contribution is -2.41. The Hall–Kier alpha value is -3.42. The molecule has 1 fully saturated rings. The van der Waals surface area contributed by atoms with E-state index >= 15 is 0 Å². The van der Waals surface area contributed by atoms with Crippen LogP contribution in [0.2, 0.25) is 0 Å². The number of hydrogen-bond acceptors (Lipinski definition) is 9. The van der Waals surface area contributed by atoms with Crippen LogP contribution in [0, 0.1) is 6.92 Å². The first kappa shape index (κ1) is 25.7. The number of hydrogen-bond donors (Lipinski definition) is 1. The lowest BCUT2D eigenvalue weighted by molar-refractivity contribution is -0.274. The summed E-state index contributed by atoms with van der Waals surface area (Å²) < 4.78 is 48.0. The summed E-state index contributed by atoms with van der Waals surface area (Å²) in [5.74, 6) is -1.55. The predicted octanol–water partition coefficient (Wildman–Crippen LogP) is 3.50. The van der Waals surface area contributed by atoms with Crippen molar-refractivity contribution in [1.29, 1.82) is 0 Å². The third kappa shape index (κ3) is 6.83. The third-order valence-electron chi connectivity index (χ3n) is 5.26. The maximum absolute atomic E-state index is 12.9.